The van der Waals surface area contributed by atoms with Crippen molar-refractivity contribution in [3.8, 4) is 0 Å². The van der Waals surface area contributed by atoms with Crippen molar-refractivity contribution in [2.75, 3.05) is 4.90 Å². The smallest absolute Gasteiger partial charge is 0.236 e. The fourth-order valence-electron chi connectivity index (χ4n) is 3.03. The molecule has 0 saturated carbocycles. The average molecular weight is 326 g/mol. The van der Waals surface area contributed by atoms with Crippen LogP contribution in [0.15, 0.2) is 48.5 Å². The van der Waals surface area contributed by atoms with Crippen LogP contribution in [0.2, 0.25) is 0 Å². The number of benzene rings is 2. The third kappa shape index (κ3) is 3.45. The number of para-hydroxylation sites is 1. The van der Waals surface area contributed by atoms with Crippen LogP contribution in [0, 0.1) is 5.82 Å². The van der Waals surface area contributed by atoms with Gasteiger partial charge >= 0.3 is 0 Å². The zero-order chi connectivity index (χ0) is 17.1. The first-order chi connectivity index (χ1) is 11.5. The van der Waals surface area contributed by atoms with Crippen LogP contribution in [0.5, 0.6) is 0 Å². The maximum absolute atomic E-state index is 12.9. The molecule has 0 aliphatic carbocycles. The monoisotopic (exact) mass is 326 g/mol. The number of nitrogens with one attached hydrogen (secondary N) is 1. The zero-order valence-corrected chi connectivity index (χ0v) is 13.5. The van der Waals surface area contributed by atoms with Crippen LogP contribution in [-0.4, -0.2) is 17.9 Å². The largest absolute Gasteiger partial charge is 0.352 e. The van der Waals surface area contributed by atoms with E-state index < -0.39 is 0 Å². The van der Waals surface area contributed by atoms with E-state index in [1.54, 1.807) is 17.0 Å². The SMILES string of the molecule is CC1Cc2ccccc2N1C(=O)CC(=O)NCc1ccc(F)cc1. The Morgan fingerprint density at radius 1 is 1.17 bits per heavy atom. The molecule has 2 aromatic rings. The zero-order valence-electron chi connectivity index (χ0n) is 13.5. The molecule has 0 bridgehead atoms. The van der Waals surface area contributed by atoms with Crippen molar-refractivity contribution < 1.29 is 14.0 Å². The molecule has 0 radical (unpaired) electrons. The normalized spacial score (nSPS) is 15.9. The molecule has 1 aliphatic heterocycles. The minimum Gasteiger partial charge on any atom is -0.352 e. The maximum atomic E-state index is 12.9. The summed E-state index contributed by atoms with van der Waals surface area (Å²) in [4.78, 5) is 26.2. The van der Waals surface area contributed by atoms with Gasteiger partial charge in [0.1, 0.15) is 12.2 Å². The molecule has 0 fully saturated rings. The summed E-state index contributed by atoms with van der Waals surface area (Å²) >= 11 is 0. The molecule has 0 spiro atoms. The van der Waals surface area contributed by atoms with Gasteiger partial charge in [-0.2, -0.15) is 0 Å². The highest BCUT2D eigenvalue weighted by Gasteiger charge is 2.31. The Hall–Kier alpha value is -2.69. The molecule has 124 valence electrons. The van der Waals surface area contributed by atoms with Gasteiger partial charge in [-0.3, -0.25) is 9.59 Å². The molecule has 0 saturated heterocycles. The van der Waals surface area contributed by atoms with Gasteiger partial charge in [0.25, 0.3) is 0 Å². The van der Waals surface area contributed by atoms with Gasteiger partial charge in [0, 0.05) is 18.3 Å². The van der Waals surface area contributed by atoms with Crippen molar-refractivity contribution in [1.29, 1.82) is 0 Å². The third-order valence-electron chi connectivity index (χ3n) is 4.19. The Bertz CT molecular complexity index is 758. The van der Waals surface area contributed by atoms with Crippen LogP contribution >= 0.6 is 0 Å². The summed E-state index contributed by atoms with van der Waals surface area (Å²) in [5.41, 5.74) is 2.81. The average Bonchev–Trinajstić information content (AvgIpc) is 2.90. The minimum atomic E-state index is -0.332. The summed E-state index contributed by atoms with van der Waals surface area (Å²) in [7, 11) is 0. The van der Waals surface area contributed by atoms with Gasteiger partial charge < -0.3 is 10.2 Å². The molecule has 3 rings (SSSR count). The highest BCUT2D eigenvalue weighted by molar-refractivity contribution is 6.06. The Kier molecular flexibility index (Phi) is 4.60. The lowest BCUT2D eigenvalue weighted by Gasteiger charge is -2.22. The van der Waals surface area contributed by atoms with Crippen molar-refractivity contribution in [3.63, 3.8) is 0 Å². The Morgan fingerprint density at radius 2 is 1.88 bits per heavy atom. The van der Waals surface area contributed by atoms with Crippen LogP contribution in [0.4, 0.5) is 10.1 Å². The molecule has 1 atom stereocenters. The number of anilines is 1. The van der Waals surface area contributed by atoms with Gasteiger partial charge in [0.05, 0.1) is 0 Å². The van der Waals surface area contributed by atoms with Gasteiger partial charge in [-0.05, 0) is 42.7 Å². The van der Waals surface area contributed by atoms with Crippen molar-refractivity contribution >= 4 is 17.5 Å². The molecule has 1 heterocycles. The lowest BCUT2D eigenvalue weighted by Crippen LogP contribution is -2.39. The molecule has 0 aromatic heterocycles. The number of hydrogen-bond donors (Lipinski definition) is 1. The van der Waals surface area contributed by atoms with Crippen LogP contribution in [0.25, 0.3) is 0 Å². The van der Waals surface area contributed by atoms with Gasteiger partial charge in [0.2, 0.25) is 11.8 Å². The number of rotatable bonds is 4. The first-order valence-corrected chi connectivity index (χ1v) is 7.95. The first-order valence-electron chi connectivity index (χ1n) is 7.95. The number of amides is 2. The maximum Gasteiger partial charge on any atom is 0.236 e. The van der Waals surface area contributed by atoms with Gasteiger partial charge in [-0.15, -0.1) is 0 Å². The van der Waals surface area contributed by atoms with Crippen molar-refractivity contribution in [2.24, 2.45) is 0 Å². The fourth-order valence-corrected chi connectivity index (χ4v) is 3.03. The number of carbonyl (C=O) groups excluding carboxylic acids is 2. The van der Waals surface area contributed by atoms with E-state index in [0.717, 1.165) is 23.2 Å². The number of fused-ring (bicyclic) bond motifs is 1. The van der Waals surface area contributed by atoms with Crippen LogP contribution < -0.4 is 10.2 Å². The third-order valence-corrected chi connectivity index (χ3v) is 4.19. The van der Waals surface area contributed by atoms with E-state index in [2.05, 4.69) is 5.32 Å². The Labute approximate surface area is 140 Å². The molecule has 24 heavy (non-hydrogen) atoms. The second-order valence-electron chi connectivity index (χ2n) is 6.03. The summed E-state index contributed by atoms with van der Waals surface area (Å²) in [5.74, 6) is -0.855. The van der Waals surface area contributed by atoms with E-state index in [-0.39, 0.29) is 36.6 Å². The number of carbonyl (C=O) groups is 2. The molecule has 2 amide bonds. The number of halogens is 1. The van der Waals surface area contributed by atoms with Crippen LogP contribution in [0.3, 0.4) is 0 Å². The van der Waals surface area contributed by atoms with E-state index in [0.29, 0.717) is 0 Å². The molecule has 1 N–H and O–H groups in total. The van der Waals surface area contributed by atoms with Gasteiger partial charge in [0.15, 0.2) is 0 Å². The summed E-state index contributed by atoms with van der Waals surface area (Å²) in [6.45, 7) is 2.26. The topological polar surface area (TPSA) is 49.4 Å². The van der Waals surface area contributed by atoms with E-state index in [9.17, 15) is 14.0 Å². The molecular formula is C19H19FN2O2. The van der Waals surface area contributed by atoms with Crippen molar-refractivity contribution in [1.82, 2.24) is 5.32 Å². The molecule has 5 heteroatoms. The predicted octanol–water partition coefficient (Wildman–Crippen LogP) is 2.81. The standard InChI is InChI=1S/C19H19FN2O2/c1-13-10-15-4-2-3-5-17(15)22(13)19(24)11-18(23)21-12-14-6-8-16(20)9-7-14/h2-9,13H,10-12H2,1H3,(H,21,23). The van der Waals surface area contributed by atoms with Crippen molar-refractivity contribution in [2.45, 2.75) is 32.4 Å². The molecule has 1 unspecified atom stereocenters. The molecule has 4 nitrogen and oxygen atoms in total. The highest BCUT2D eigenvalue weighted by atomic mass is 19.1. The second-order valence-corrected chi connectivity index (χ2v) is 6.03. The predicted molar refractivity (Wildman–Crippen MR) is 90.0 cm³/mol. The lowest BCUT2D eigenvalue weighted by molar-refractivity contribution is -0.128. The highest BCUT2D eigenvalue weighted by Crippen LogP contribution is 2.32. The fraction of sp³-hybridized carbons (Fsp3) is 0.263. The summed E-state index contributed by atoms with van der Waals surface area (Å²) in [6, 6.07) is 13.7. The molecule has 2 aromatic carbocycles. The Morgan fingerprint density at radius 3 is 2.62 bits per heavy atom. The summed E-state index contributed by atoms with van der Waals surface area (Å²) in [6.07, 6.45) is 0.610. The van der Waals surface area contributed by atoms with Crippen molar-refractivity contribution in [3.05, 3.63) is 65.5 Å². The quantitative estimate of drug-likeness (QED) is 0.879. The van der Waals surface area contributed by atoms with Gasteiger partial charge in [-0.1, -0.05) is 30.3 Å². The minimum absolute atomic E-state index is 0.0554. The second kappa shape index (κ2) is 6.83. The van der Waals surface area contributed by atoms with E-state index >= 15 is 0 Å². The lowest BCUT2D eigenvalue weighted by atomic mass is 10.1. The number of hydrogen-bond acceptors (Lipinski definition) is 2. The first kappa shape index (κ1) is 16.2. The van der Waals surface area contributed by atoms with E-state index in [4.69, 9.17) is 0 Å². The van der Waals surface area contributed by atoms with Gasteiger partial charge in [-0.25, -0.2) is 4.39 Å². The van der Waals surface area contributed by atoms with E-state index in [1.807, 2.05) is 31.2 Å². The summed E-state index contributed by atoms with van der Waals surface area (Å²) in [5, 5.41) is 2.70. The Balaban J connectivity index is 1.58. The van der Waals surface area contributed by atoms with Crippen LogP contribution in [-0.2, 0) is 22.6 Å². The molecular weight excluding hydrogens is 307 g/mol. The molecule has 1 aliphatic rings. The summed E-state index contributed by atoms with van der Waals surface area (Å²) < 4.78 is 12.9. The number of nitrogens with zero attached hydrogens (tertiary/aromatic N) is 1. The van der Waals surface area contributed by atoms with E-state index in [1.165, 1.54) is 12.1 Å². The van der Waals surface area contributed by atoms with Crippen LogP contribution in [0.1, 0.15) is 24.5 Å².